The van der Waals surface area contributed by atoms with E-state index in [1.807, 2.05) is 18.2 Å². The van der Waals surface area contributed by atoms with E-state index in [4.69, 9.17) is 10.5 Å². The summed E-state index contributed by atoms with van der Waals surface area (Å²) in [5.41, 5.74) is 14.5. The van der Waals surface area contributed by atoms with Crippen molar-refractivity contribution < 1.29 is 9.53 Å². The van der Waals surface area contributed by atoms with Gasteiger partial charge < -0.3 is 10.5 Å². The van der Waals surface area contributed by atoms with Crippen LogP contribution in [-0.2, 0) is 13.0 Å². The van der Waals surface area contributed by atoms with E-state index in [-0.39, 0.29) is 0 Å². The van der Waals surface area contributed by atoms with Crippen molar-refractivity contribution >= 4 is 5.91 Å². The molecule has 6 nitrogen and oxygen atoms in total. The summed E-state index contributed by atoms with van der Waals surface area (Å²) in [6.07, 6.45) is 3.89. The summed E-state index contributed by atoms with van der Waals surface area (Å²) >= 11 is 0. The highest BCUT2D eigenvalue weighted by Crippen LogP contribution is 2.19. The van der Waals surface area contributed by atoms with Gasteiger partial charge in [-0.1, -0.05) is 36.4 Å². The number of pyridine rings is 1. The number of nitrogens with zero attached hydrogens (tertiary/aromatic N) is 1. The first-order chi connectivity index (χ1) is 13.7. The van der Waals surface area contributed by atoms with E-state index in [2.05, 4.69) is 40.1 Å². The standard InChI is InChI=1S/C22H24N4O2/c23-22(27)19-9-11-20(12-10-19)28-21-13-8-18(15-24-21)16-26-25-14-4-7-17-5-2-1-3-6-17/h1-3,5-6,8-13,15,25-26H,4,7,14,16H2,(H2,23,27). The van der Waals surface area contributed by atoms with Gasteiger partial charge in [0, 0.05) is 30.9 Å². The smallest absolute Gasteiger partial charge is 0.248 e. The number of aromatic nitrogens is 1. The van der Waals surface area contributed by atoms with Gasteiger partial charge in [0.2, 0.25) is 11.8 Å². The Bertz CT molecular complexity index is 865. The van der Waals surface area contributed by atoms with E-state index in [0.717, 1.165) is 24.9 Å². The molecule has 2 aromatic carbocycles. The highest BCUT2D eigenvalue weighted by Gasteiger charge is 2.03. The number of benzene rings is 2. The average Bonchev–Trinajstić information content (AvgIpc) is 2.73. The lowest BCUT2D eigenvalue weighted by Gasteiger charge is -2.08. The molecule has 28 heavy (non-hydrogen) atoms. The van der Waals surface area contributed by atoms with Crippen LogP contribution in [0.1, 0.15) is 27.9 Å². The fourth-order valence-corrected chi connectivity index (χ4v) is 2.66. The number of hydrazine groups is 1. The second-order valence-electron chi connectivity index (χ2n) is 6.36. The van der Waals surface area contributed by atoms with Crippen LogP contribution >= 0.6 is 0 Å². The van der Waals surface area contributed by atoms with Crippen LogP contribution in [0.3, 0.4) is 0 Å². The summed E-state index contributed by atoms with van der Waals surface area (Å²) in [6.45, 7) is 1.57. The molecule has 0 spiro atoms. The summed E-state index contributed by atoms with van der Waals surface area (Å²) in [4.78, 5) is 15.4. The topological polar surface area (TPSA) is 89.3 Å². The molecule has 0 saturated heterocycles. The SMILES string of the molecule is NC(=O)c1ccc(Oc2ccc(CNNCCCc3ccccc3)cn2)cc1. The number of ether oxygens (including phenoxy) is 1. The minimum atomic E-state index is -0.463. The van der Waals surface area contributed by atoms with Crippen LogP contribution in [0.15, 0.2) is 72.9 Å². The van der Waals surface area contributed by atoms with Gasteiger partial charge in [-0.25, -0.2) is 4.98 Å². The molecule has 0 saturated carbocycles. The first kappa shape index (κ1) is 19.5. The van der Waals surface area contributed by atoms with Crippen LogP contribution in [0.5, 0.6) is 11.6 Å². The predicted octanol–water partition coefficient (Wildman–Crippen LogP) is 3.20. The van der Waals surface area contributed by atoms with Crippen molar-refractivity contribution in [3.8, 4) is 11.6 Å². The number of nitrogens with two attached hydrogens (primary N) is 1. The highest BCUT2D eigenvalue weighted by molar-refractivity contribution is 5.92. The van der Waals surface area contributed by atoms with Crippen molar-refractivity contribution in [1.29, 1.82) is 0 Å². The largest absolute Gasteiger partial charge is 0.439 e. The summed E-state index contributed by atoms with van der Waals surface area (Å²) in [6, 6.07) is 20.9. The molecule has 1 heterocycles. The quantitative estimate of drug-likeness (QED) is 0.373. The van der Waals surface area contributed by atoms with Crippen molar-refractivity contribution in [2.75, 3.05) is 6.54 Å². The number of amides is 1. The van der Waals surface area contributed by atoms with Crippen molar-refractivity contribution in [2.24, 2.45) is 5.73 Å². The maximum Gasteiger partial charge on any atom is 0.248 e. The third-order valence-corrected chi connectivity index (χ3v) is 4.19. The third kappa shape index (κ3) is 6.19. The average molecular weight is 376 g/mol. The van der Waals surface area contributed by atoms with Crippen LogP contribution in [0.4, 0.5) is 0 Å². The molecule has 3 rings (SSSR count). The summed E-state index contributed by atoms with van der Waals surface area (Å²) in [7, 11) is 0. The first-order valence-corrected chi connectivity index (χ1v) is 9.23. The summed E-state index contributed by atoms with van der Waals surface area (Å²) < 4.78 is 5.67. The minimum Gasteiger partial charge on any atom is -0.439 e. The van der Waals surface area contributed by atoms with Crippen molar-refractivity contribution in [3.05, 3.63) is 89.6 Å². The van der Waals surface area contributed by atoms with Crippen molar-refractivity contribution in [2.45, 2.75) is 19.4 Å². The lowest BCUT2D eigenvalue weighted by molar-refractivity contribution is 0.100. The zero-order valence-corrected chi connectivity index (χ0v) is 15.6. The molecule has 0 aliphatic rings. The second kappa shape index (κ2) is 10.2. The predicted molar refractivity (Wildman–Crippen MR) is 109 cm³/mol. The molecule has 1 amide bonds. The summed E-state index contributed by atoms with van der Waals surface area (Å²) in [5, 5.41) is 0. The molecule has 0 fully saturated rings. The number of aryl methyl sites for hydroxylation is 1. The molecule has 144 valence electrons. The normalized spacial score (nSPS) is 10.6. The molecule has 6 heteroatoms. The van der Waals surface area contributed by atoms with E-state index >= 15 is 0 Å². The number of hydrogen-bond acceptors (Lipinski definition) is 5. The molecular weight excluding hydrogens is 352 g/mol. The zero-order chi connectivity index (χ0) is 19.6. The Kier molecular flexibility index (Phi) is 7.12. The molecule has 0 unspecified atom stereocenters. The Morgan fingerprint density at radius 2 is 1.71 bits per heavy atom. The first-order valence-electron chi connectivity index (χ1n) is 9.23. The zero-order valence-electron chi connectivity index (χ0n) is 15.6. The van der Waals surface area contributed by atoms with Crippen molar-refractivity contribution in [3.63, 3.8) is 0 Å². The van der Waals surface area contributed by atoms with Crippen LogP contribution < -0.4 is 21.3 Å². The van der Waals surface area contributed by atoms with Gasteiger partial charge in [-0.15, -0.1) is 0 Å². The Morgan fingerprint density at radius 1 is 0.929 bits per heavy atom. The van der Waals surface area contributed by atoms with E-state index < -0.39 is 5.91 Å². The van der Waals surface area contributed by atoms with Crippen LogP contribution in [-0.4, -0.2) is 17.4 Å². The monoisotopic (exact) mass is 376 g/mol. The molecule has 1 aromatic heterocycles. The lowest BCUT2D eigenvalue weighted by atomic mass is 10.1. The number of hydrogen-bond donors (Lipinski definition) is 3. The maximum absolute atomic E-state index is 11.1. The van der Waals surface area contributed by atoms with E-state index in [1.54, 1.807) is 30.5 Å². The molecule has 0 aliphatic heterocycles. The number of nitrogens with one attached hydrogen (secondary N) is 2. The van der Waals surface area contributed by atoms with Gasteiger partial charge in [-0.3, -0.25) is 15.6 Å². The van der Waals surface area contributed by atoms with E-state index in [1.165, 1.54) is 5.56 Å². The summed E-state index contributed by atoms with van der Waals surface area (Å²) in [5.74, 6) is 0.630. The molecule has 0 bridgehead atoms. The van der Waals surface area contributed by atoms with Gasteiger partial charge in [-0.05, 0) is 48.2 Å². The molecule has 3 aromatic rings. The van der Waals surface area contributed by atoms with Gasteiger partial charge in [0.05, 0.1) is 0 Å². The molecule has 0 aliphatic carbocycles. The Morgan fingerprint density at radius 3 is 2.39 bits per heavy atom. The van der Waals surface area contributed by atoms with Gasteiger partial charge in [-0.2, -0.15) is 0 Å². The van der Waals surface area contributed by atoms with Gasteiger partial charge >= 0.3 is 0 Å². The van der Waals surface area contributed by atoms with Gasteiger partial charge in [0.1, 0.15) is 5.75 Å². The third-order valence-electron chi connectivity index (χ3n) is 4.19. The van der Waals surface area contributed by atoms with Crippen LogP contribution in [0, 0.1) is 0 Å². The number of carbonyl (C=O) groups is 1. The Hall–Kier alpha value is -3.22. The molecule has 0 atom stereocenters. The van der Waals surface area contributed by atoms with E-state index in [9.17, 15) is 4.79 Å². The minimum absolute atomic E-state index is 0.443. The van der Waals surface area contributed by atoms with Gasteiger partial charge in [0.25, 0.3) is 0 Å². The number of rotatable bonds is 10. The second-order valence-corrected chi connectivity index (χ2v) is 6.36. The Balaban J connectivity index is 1.36. The van der Waals surface area contributed by atoms with Crippen LogP contribution in [0.2, 0.25) is 0 Å². The fourth-order valence-electron chi connectivity index (χ4n) is 2.66. The van der Waals surface area contributed by atoms with Crippen LogP contribution in [0.25, 0.3) is 0 Å². The Labute approximate surface area is 164 Å². The number of carbonyl (C=O) groups excluding carboxylic acids is 1. The van der Waals surface area contributed by atoms with Crippen molar-refractivity contribution in [1.82, 2.24) is 15.8 Å². The van der Waals surface area contributed by atoms with Gasteiger partial charge in [0.15, 0.2) is 0 Å². The maximum atomic E-state index is 11.1. The molecule has 4 N–H and O–H groups in total. The molecule has 0 radical (unpaired) electrons. The molecular formula is C22H24N4O2. The highest BCUT2D eigenvalue weighted by atomic mass is 16.5. The lowest BCUT2D eigenvalue weighted by Crippen LogP contribution is -2.32. The fraction of sp³-hybridized carbons (Fsp3) is 0.182. The van der Waals surface area contributed by atoms with E-state index in [0.29, 0.717) is 23.7 Å². The number of primary amides is 1.